The minimum absolute atomic E-state index is 0.303. The molecule has 19 heavy (non-hydrogen) atoms. The zero-order valence-electron chi connectivity index (χ0n) is 9.66. The monoisotopic (exact) mass is 261 g/mol. The first-order valence-electron chi connectivity index (χ1n) is 5.57. The SMILES string of the molecule is OC(c1c(F)cccc1F)c1cnn2ccncc12. The molecule has 1 atom stereocenters. The van der Waals surface area contributed by atoms with E-state index >= 15 is 0 Å². The fourth-order valence-electron chi connectivity index (χ4n) is 1.99. The Morgan fingerprint density at radius 2 is 1.89 bits per heavy atom. The van der Waals surface area contributed by atoms with Crippen molar-refractivity contribution in [2.24, 2.45) is 0 Å². The molecule has 0 aliphatic heterocycles. The second-order valence-electron chi connectivity index (χ2n) is 4.04. The molecule has 0 fully saturated rings. The zero-order valence-corrected chi connectivity index (χ0v) is 9.66. The van der Waals surface area contributed by atoms with Gasteiger partial charge in [-0.15, -0.1) is 0 Å². The van der Waals surface area contributed by atoms with E-state index in [-0.39, 0.29) is 5.56 Å². The Labute approximate surface area is 107 Å². The normalized spacial score (nSPS) is 12.8. The smallest absolute Gasteiger partial charge is 0.132 e. The van der Waals surface area contributed by atoms with E-state index in [1.54, 1.807) is 6.20 Å². The molecule has 1 unspecified atom stereocenters. The number of benzene rings is 1. The molecule has 2 heterocycles. The summed E-state index contributed by atoms with van der Waals surface area (Å²) in [4.78, 5) is 3.91. The molecule has 0 radical (unpaired) electrons. The summed E-state index contributed by atoms with van der Waals surface area (Å²) in [6.45, 7) is 0. The van der Waals surface area contributed by atoms with Gasteiger partial charge in [-0.25, -0.2) is 13.3 Å². The predicted molar refractivity (Wildman–Crippen MR) is 63.4 cm³/mol. The third-order valence-electron chi connectivity index (χ3n) is 2.92. The molecule has 0 amide bonds. The second-order valence-corrected chi connectivity index (χ2v) is 4.04. The van der Waals surface area contributed by atoms with Gasteiger partial charge in [0.1, 0.15) is 17.7 Å². The van der Waals surface area contributed by atoms with Crippen LogP contribution in [0.5, 0.6) is 0 Å². The molecule has 96 valence electrons. The minimum atomic E-state index is -1.43. The second kappa shape index (κ2) is 4.40. The van der Waals surface area contributed by atoms with Crippen LogP contribution in [0.25, 0.3) is 5.52 Å². The van der Waals surface area contributed by atoms with Crippen LogP contribution in [0.2, 0.25) is 0 Å². The lowest BCUT2D eigenvalue weighted by molar-refractivity contribution is 0.210. The van der Waals surface area contributed by atoms with Crippen molar-refractivity contribution in [2.75, 3.05) is 0 Å². The Morgan fingerprint density at radius 1 is 1.16 bits per heavy atom. The van der Waals surface area contributed by atoms with Crippen LogP contribution >= 0.6 is 0 Å². The summed E-state index contributed by atoms with van der Waals surface area (Å²) in [5, 5.41) is 14.2. The van der Waals surface area contributed by atoms with Crippen LogP contribution in [-0.4, -0.2) is 19.7 Å². The third-order valence-corrected chi connectivity index (χ3v) is 2.92. The standard InChI is InChI=1S/C13H9F2N3O/c14-9-2-1-3-10(15)12(9)13(19)8-6-17-18-5-4-16-7-11(8)18/h1-7,13,19H. The largest absolute Gasteiger partial charge is 0.383 e. The average molecular weight is 261 g/mol. The van der Waals surface area contributed by atoms with Crippen molar-refractivity contribution in [3.05, 3.63) is 65.7 Å². The van der Waals surface area contributed by atoms with Crippen LogP contribution in [0.4, 0.5) is 8.78 Å². The zero-order chi connectivity index (χ0) is 13.4. The van der Waals surface area contributed by atoms with E-state index in [1.807, 2.05) is 0 Å². The van der Waals surface area contributed by atoms with Gasteiger partial charge < -0.3 is 5.11 Å². The first kappa shape index (κ1) is 11.7. The summed E-state index contributed by atoms with van der Waals surface area (Å²) in [6, 6.07) is 3.45. The van der Waals surface area contributed by atoms with Gasteiger partial charge >= 0.3 is 0 Å². The fourth-order valence-corrected chi connectivity index (χ4v) is 1.99. The molecular weight excluding hydrogens is 252 g/mol. The van der Waals surface area contributed by atoms with Crippen molar-refractivity contribution in [1.82, 2.24) is 14.6 Å². The van der Waals surface area contributed by atoms with Crippen LogP contribution in [0.1, 0.15) is 17.2 Å². The minimum Gasteiger partial charge on any atom is -0.383 e. The molecule has 4 nitrogen and oxygen atoms in total. The number of aromatic nitrogens is 3. The number of aliphatic hydroxyl groups excluding tert-OH is 1. The van der Waals surface area contributed by atoms with E-state index in [4.69, 9.17) is 0 Å². The highest BCUT2D eigenvalue weighted by Gasteiger charge is 2.22. The first-order chi connectivity index (χ1) is 9.18. The molecule has 0 spiro atoms. The summed E-state index contributed by atoms with van der Waals surface area (Å²) in [6.07, 6.45) is 4.53. The van der Waals surface area contributed by atoms with E-state index < -0.39 is 17.7 Å². The lowest BCUT2D eigenvalue weighted by Gasteiger charge is -2.11. The lowest BCUT2D eigenvalue weighted by Crippen LogP contribution is -2.05. The maximum Gasteiger partial charge on any atom is 0.132 e. The van der Waals surface area contributed by atoms with Crippen molar-refractivity contribution < 1.29 is 13.9 Å². The molecule has 3 rings (SSSR count). The van der Waals surface area contributed by atoms with E-state index in [2.05, 4.69) is 10.1 Å². The number of nitrogens with zero attached hydrogens (tertiary/aromatic N) is 3. The molecule has 0 saturated carbocycles. The quantitative estimate of drug-likeness (QED) is 0.768. The van der Waals surface area contributed by atoms with E-state index in [0.29, 0.717) is 11.1 Å². The summed E-state index contributed by atoms with van der Waals surface area (Å²) in [5.74, 6) is -1.59. The molecule has 2 aromatic heterocycles. The van der Waals surface area contributed by atoms with Gasteiger partial charge in [-0.3, -0.25) is 4.98 Å². The van der Waals surface area contributed by atoms with Crippen LogP contribution in [0, 0.1) is 11.6 Å². The Bertz CT molecular complexity index is 721. The molecule has 0 bridgehead atoms. The van der Waals surface area contributed by atoms with E-state index in [9.17, 15) is 13.9 Å². The highest BCUT2D eigenvalue weighted by molar-refractivity contribution is 5.55. The average Bonchev–Trinajstić information content (AvgIpc) is 2.82. The van der Waals surface area contributed by atoms with Crippen molar-refractivity contribution >= 4 is 5.52 Å². The van der Waals surface area contributed by atoms with Crippen molar-refractivity contribution in [3.63, 3.8) is 0 Å². The number of hydrogen-bond acceptors (Lipinski definition) is 3. The molecule has 0 saturated heterocycles. The maximum atomic E-state index is 13.7. The highest BCUT2D eigenvalue weighted by atomic mass is 19.1. The fraction of sp³-hybridized carbons (Fsp3) is 0.0769. The summed E-state index contributed by atoms with van der Waals surface area (Å²) >= 11 is 0. The first-order valence-corrected chi connectivity index (χ1v) is 5.57. The molecule has 3 aromatic rings. The van der Waals surface area contributed by atoms with Gasteiger partial charge in [-0.2, -0.15) is 5.10 Å². The van der Waals surface area contributed by atoms with Gasteiger partial charge in [0.25, 0.3) is 0 Å². The Morgan fingerprint density at radius 3 is 2.63 bits per heavy atom. The highest BCUT2D eigenvalue weighted by Crippen LogP contribution is 2.28. The maximum absolute atomic E-state index is 13.7. The Kier molecular flexibility index (Phi) is 2.72. The predicted octanol–water partition coefficient (Wildman–Crippen LogP) is 2.09. The number of aliphatic hydroxyl groups is 1. The van der Waals surface area contributed by atoms with Crippen LogP contribution in [0.15, 0.2) is 43.0 Å². The number of fused-ring (bicyclic) bond motifs is 1. The molecule has 1 aromatic carbocycles. The Balaban J connectivity index is 2.16. The topological polar surface area (TPSA) is 50.4 Å². The van der Waals surface area contributed by atoms with Crippen LogP contribution in [-0.2, 0) is 0 Å². The van der Waals surface area contributed by atoms with Crippen molar-refractivity contribution in [3.8, 4) is 0 Å². The van der Waals surface area contributed by atoms with Gasteiger partial charge in [0.15, 0.2) is 0 Å². The molecule has 1 N–H and O–H groups in total. The molecular formula is C13H9F2N3O. The molecule has 0 aliphatic carbocycles. The van der Waals surface area contributed by atoms with Crippen molar-refractivity contribution in [1.29, 1.82) is 0 Å². The summed E-state index contributed by atoms with van der Waals surface area (Å²) < 4.78 is 28.8. The van der Waals surface area contributed by atoms with Gasteiger partial charge in [-0.1, -0.05) is 6.07 Å². The number of rotatable bonds is 2. The van der Waals surface area contributed by atoms with E-state index in [0.717, 1.165) is 12.1 Å². The number of hydrogen-bond donors (Lipinski definition) is 1. The van der Waals surface area contributed by atoms with Gasteiger partial charge in [-0.05, 0) is 12.1 Å². The lowest BCUT2D eigenvalue weighted by atomic mass is 10.0. The van der Waals surface area contributed by atoms with Crippen molar-refractivity contribution in [2.45, 2.75) is 6.10 Å². The van der Waals surface area contributed by atoms with Crippen LogP contribution < -0.4 is 0 Å². The number of halogens is 2. The molecule has 0 aliphatic rings. The summed E-state index contributed by atoms with van der Waals surface area (Å²) in [7, 11) is 0. The van der Waals surface area contributed by atoms with Crippen LogP contribution in [0.3, 0.4) is 0 Å². The van der Waals surface area contributed by atoms with E-state index in [1.165, 1.54) is 29.2 Å². The molecule has 6 heteroatoms. The third kappa shape index (κ3) is 1.86. The Hall–Kier alpha value is -2.34. The summed E-state index contributed by atoms with van der Waals surface area (Å²) in [5.41, 5.74) is 0.413. The van der Waals surface area contributed by atoms with Gasteiger partial charge in [0.2, 0.25) is 0 Å². The van der Waals surface area contributed by atoms with Gasteiger partial charge in [0, 0.05) is 18.0 Å². The van der Waals surface area contributed by atoms with Gasteiger partial charge in [0.05, 0.1) is 23.5 Å².